The van der Waals surface area contributed by atoms with Crippen molar-refractivity contribution < 1.29 is 61.4 Å². The van der Waals surface area contributed by atoms with Crippen LogP contribution in [-0.2, 0) is 59.0 Å². The largest absolute Gasteiger partial charge is 0.741 e. The quantitative estimate of drug-likeness (QED) is 0.0986. The topological polar surface area (TPSA) is 125 Å². The van der Waals surface area contributed by atoms with Gasteiger partial charge in [-0.05, 0) is 90.1 Å². The molecule has 0 spiro atoms. The normalized spacial score (nSPS) is 16.4. The molecular weight excluding hydrogens is 773 g/mol. The Balaban J connectivity index is 0.000000272. The van der Waals surface area contributed by atoms with E-state index < -0.39 is 31.3 Å². The molecule has 294 valence electrons. The summed E-state index contributed by atoms with van der Waals surface area (Å²) >= 11 is 0. The van der Waals surface area contributed by atoms with Crippen LogP contribution in [0, 0.1) is 0 Å². The van der Waals surface area contributed by atoms with Gasteiger partial charge >= 0.3 is 11.0 Å². The summed E-state index contributed by atoms with van der Waals surface area (Å²) in [7, 11) is -12.2. The minimum Gasteiger partial charge on any atom is -0.741 e. The van der Waals surface area contributed by atoms with E-state index in [1.54, 1.807) is 16.8 Å². The Kier molecular flexibility index (Phi) is 11.5. The molecule has 2 aromatic carbocycles. The van der Waals surface area contributed by atoms with E-state index >= 15 is 0 Å². The fourth-order valence-corrected chi connectivity index (χ4v) is 7.65. The van der Waals surface area contributed by atoms with Crippen LogP contribution in [0.15, 0.2) is 67.0 Å². The minimum atomic E-state index is -6.09. The predicted molar refractivity (Wildman–Crippen MR) is 190 cm³/mol. The number of pyridine rings is 2. The lowest BCUT2D eigenvalue weighted by molar-refractivity contribution is -0.687. The summed E-state index contributed by atoms with van der Waals surface area (Å²) in [6.07, 6.45) is 18.9. The molecule has 55 heavy (non-hydrogen) atoms. The maximum atomic E-state index is 10.7. The molecule has 0 unspecified atom stereocenters. The minimum absolute atomic E-state index is 1.07. The Hall–Kier alpha value is -4.32. The molecule has 0 aliphatic carbocycles. The van der Waals surface area contributed by atoms with Crippen LogP contribution in [0.4, 0.5) is 32.0 Å². The van der Waals surface area contributed by atoms with Crippen molar-refractivity contribution in [3.63, 3.8) is 0 Å². The van der Waals surface area contributed by atoms with E-state index in [4.69, 9.17) is 25.9 Å². The maximum Gasteiger partial charge on any atom is 0.485 e. The summed E-state index contributed by atoms with van der Waals surface area (Å²) < 4.78 is 123. The maximum absolute atomic E-state index is 10.7. The highest BCUT2D eigenvalue weighted by Gasteiger charge is 2.38. The van der Waals surface area contributed by atoms with E-state index in [0.717, 1.165) is 25.9 Å². The van der Waals surface area contributed by atoms with Gasteiger partial charge in [-0.3, -0.25) is 0 Å². The molecule has 17 heteroatoms. The number of halogens is 6. The number of hydrogen-bond donors (Lipinski definition) is 0. The number of anilines is 1. The molecule has 0 radical (unpaired) electrons. The molecule has 4 aromatic rings. The summed E-state index contributed by atoms with van der Waals surface area (Å²) in [5, 5.41) is 0. The Bertz CT molecular complexity index is 2270. The zero-order chi connectivity index (χ0) is 39.8. The van der Waals surface area contributed by atoms with Gasteiger partial charge in [-0.25, -0.2) is 16.8 Å². The zero-order valence-electron chi connectivity index (χ0n) is 29.4. The van der Waals surface area contributed by atoms with Gasteiger partial charge in [-0.15, -0.1) is 0 Å². The van der Waals surface area contributed by atoms with Crippen LogP contribution >= 0.6 is 0 Å². The first-order chi connectivity index (χ1) is 25.8. The lowest BCUT2D eigenvalue weighted by atomic mass is 9.88. The smallest absolute Gasteiger partial charge is 0.485 e. The molecule has 0 N–H and O–H groups in total. The first-order valence-electron chi connectivity index (χ1n) is 17.6. The molecule has 0 fully saturated rings. The molecule has 2 aromatic heterocycles. The summed E-state index contributed by atoms with van der Waals surface area (Å²) in [5.74, 6) is 0. The van der Waals surface area contributed by atoms with Crippen molar-refractivity contribution in [3.05, 3.63) is 100 Å². The third kappa shape index (κ3) is 9.06. The van der Waals surface area contributed by atoms with Crippen molar-refractivity contribution in [1.29, 1.82) is 0 Å². The van der Waals surface area contributed by atoms with Crippen molar-refractivity contribution in [2.24, 2.45) is 0 Å². The number of hydrogen-bond acceptors (Lipinski definition) is 7. The fourth-order valence-electron chi connectivity index (χ4n) is 7.65. The molecule has 0 amide bonds. The number of fused-ring (bicyclic) bond motifs is 7. The number of aryl methyl sites for hydroxylation is 6. The Morgan fingerprint density at radius 1 is 0.582 bits per heavy atom. The van der Waals surface area contributed by atoms with Crippen molar-refractivity contribution in [3.8, 4) is 22.5 Å². The highest BCUT2D eigenvalue weighted by Crippen LogP contribution is 2.40. The van der Waals surface area contributed by atoms with Crippen molar-refractivity contribution in [1.82, 2.24) is 0 Å². The average molecular weight is 810 g/mol. The summed E-state index contributed by atoms with van der Waals surface area (Å²) in [6.45, 7) is 4.62. The van der Waals surface area contributed by atoms with E-state index in [2.05, 4.69) is 93.2 Å². The zero-order valence-corrected chi connectivity index (χ0v) is 31.0. The van der Waals surface area contributed by atoms with Gasteiger partial charge < -0.3 is 14.0 Å². The first-order valence-corrected chi connectivity index (χ1v) is 20.4. The lowest BCUT2D eigenvalue weighted by Crippen LogP contribution is -2.36. The van der Waals surface area contributed by atoms with E-state index in [-0.39, 0.29) is 0 Å². The summed E-state index contributed by atoms with van der Waals surface area (Å²) in [4.78, 5) is 2.63. The van der Waals surface area contributed by atoms with Crippen LogP contribution in [0.2, 0.25) is 0 Å². The monoisotopic (exact) mass is 809 g/mol. The highest BCUT2D eigenvalue weighted by molar-refractivity contribution is 7.86. The number of nitrogens with zero attached hydrogens (tertiary/aromatic N) is 3. The van der Waals surface area contributed by atoms with Gasteiger partial charge in [0, 0.05) is 55.9 Å². The second-order valence-corrected chi connectivity index (χ2v) is 16.4. The van der Waals surface area contributed by atoms with Gasteiger partial charge in [0.15, 0.2) is 32.6 Å². The molecule has 0 saturated carbocycles. The Morgan fingerprint density at radius 3 is 1.58 bits per heavy atom. The van der Waals surface area contributed by atoms with Crippen molar-refractivity contribution >= 4 is 38.1 Å². The summed E-state index contributed by atoms with van der Waals surface area (Å²) in [6, 6.07) is 21.2. The number of aromatic nitrogens is 2. The third-order valence-corrected chi connectivity index (χ3v) is 11.1. The molecule has 4 aliphatic heterocycles. The molecular formula is C38H37F6N3O6S2. The number of rotatable bonds is 2. The SMILES string of the molecule is C(=C\c1cc[n+]2c(c1)-c1c(ccc3c1-c1cccc[n+]1CCC3)CCC2)/c1cc2c3c(c1)CCCN3CCC2.O=S(=O)([O-])C(F)(F)F.O=S(=O)([O-])C(F)(F)F. The Morgan fingerprint density at radius 2 is 1.05 bits per heavy atom. The second kappa shape index (κ2) is 15.7. The van der Waals surface area contributed by atoms with Gasteiger partial charge in [-0.2, -0.15) is 35.5 Å². The van der Waals surface area contributed by atoms with Crippen LogP contribution in [0.3, 0.4) is 0 Å². The molecule has 6 heterocycles. The van der Waals surface area contributed by atoms with Crippen LogP contribution in [0.25, 0.3) is 34.7 Å². The van der Waals surface area contributed by atoms with Crippen LogP contribution < -0.4 is 14.0 Å². The second-order valence-electron chi connectivity index (χ2n) is 13.7. The third-order valence-electron chi connectivity index (χ3n) is 9.97. The molecule has 9 nitrogen and oxygen atoms in total. The van der Waals surface area contributed by atoms with Gasteiger partial charge in [-0.1, -0.05) is 24.3 Å². The average Bonchev–Trinajstić information content (AvgIpc) is 3.41. The molecule has 8 rings (SSSR count). The van der Waals surface area contributed by atoms with Crippen molar-refractivity contribution in [2.45, 2.75) is 75.5 Å². The van der Waals surface area contributed by atoms with E-state index in [1.807, 2.05) is 0 Å². The van der Waals surface area contributed by atoms with Crippen molar-refractivity contribution in [2.75, 3.05) is 18.0 Å². The van der Waals surface area contributed by atoms with Crippen LogP contribution in [0.5, 0.6) is 0 Å². The molecule has 0 bridgehead atoms. The number of benzene rings is 2. The fraction of sp³-hybridized carbons (Fsp3) is 0.368. The highest BCUT2D eigenvalue weighted by atomic mass is 32.2. The lowest BCUT2D eigenvalue weighted by Gasteiger charge is -2.37. The molecule has 4 aliphatic rings. The summed E-state index contributed by atoms with van der Waals surface area (Å²) in [5.41, 5.74) is 4.68. The van der Waals surface area contributed by atoms with Gasteiger partial charge in [0.25, 0.3) is 0 Å². The van der Waals surface area contributed by atoms with E-state index in [9.17, 15) is 26.3 Å². The van der Waals surface area contributed by atoms with Crippen LogP contribution in [0.1, 0.15) is 59.1 Å². The molecule has 0 saturated heterocycles. The van der Waals surface area contributed by atoms with Gasteiger partial charge in [0.2, 0.25) is 11.4 Å². The van der Waals surface area contributed by atoms with E-state index in [0.29, 0.717) is 0 Å². The standard InChI is InChI=1S/C36H37N3.2CHF3O3S/c1-2-17-37-18-3-7-28-14-15-29-8-4-19-38-22-16-26(25-33(38)35(29)34(28)32(37)11-1)12-13-27-23-30-9-5-20-39-21-6-10-31(24-27)36(30)39;2*2-1(3,4)8(5,6)7/h1-2,11-17,22-25H,3-10,18-21H2;2*(H,5,6,7)/q+2;;/p-2. The Labute approximate surface area is 315 Å². The number of alkyl halides is 6. The van der Waals surface area contributed by atoms with Gasteiger partial charge in [0.05, 0.1) is 11.1 Å². The first kappa shape index (κ1) is 40.3. The predicted octanol–water partition coefficient (Wildman–Crippen LogP) is 6.46. The molecule has 0 atom stereocenters. The van der Waals surface area contributed by atoms with Crippen LogP contribution in [-0.4, -0.2) is 50.0 Å². The van der Waals surface area contributed by atoms with E-state index in [1.165, 1.54) is 96.4 Å². The van der Waals surface area contributed by atoms with Gasteiger partial charge in [0.1, 0.15) is 13.1 Å².